The van der Waals surface area contributed by atoms with Gasteiger partial charge in [-0.25, -0.2) is 13.4 Å². The molecular weight excluding hydrogens is 356 g/mol. The second-order valence-corrected chi connectivity index (χ2v) is 8.79. The zero-order valence-corrected chi connectivity index (χ0v) is 15.1. The molecule has 0 bridgehead atoms. The van der Waals surface area contributed by atoms with Gasteiger partial charge in [0.2, 0.25) is 0 Å². The summed E-state index contributed by atoms with van der Waals surface area (Å²) < 4.78 is 29.3. The van der Waals surface area contributed by atoms with Gasteiger partial charge >= 0.3 is 0 Å². The Kier molecular flexibility index (Phi) is 4.32. The van der Waals surface area contributed by atoms with E-state index in [9.17, 15) is 8.42 Å². The van der Waals surface area contributed by atoms with E-state index in [2.05, 4.69) is 19.9 Å². The Morgan fingerprint density at radius 1 is 1.12 bits per heavy atom. The number of hydrogen-bond donors (Lipinski definition) is 2. The van der Waals surface area contributed by atoms with Crippen molar-refractivity contribution in [1.82, 2.24) is 10.3 Å². The molecule has 4 rings (SSSR count). The van der Waals surface area contributed by atoms with E-state index in [1.54, 1.807) is 36.5 Å². The van der Waals surface area contributed by atoms with Crippen LogP contribution in [0.15, 0.2) is 52.9 Å². The van der Waals surface area contributed by atoms with Crippen LogP contribution >= 0.6 is 11.3 Å². The van der Waals surface area contributed by atoms with Crippen LogP contribution in [0.5, 0.6) is 0 Å². The first kappa shape index (κ1) is 16.3. The summed E-state index contributed by atoms with van der Waals surface area (Å²) in [6, 6.07) is 12.5. The van der Waals surface area contributed by atoms with E-state index in [0.717, 1.165) is 42.1 Å². The van der Waals surface area contributed by atoms with E-state index in [-0.39, 0.29) is 0 Å². The van der Waals surface area contributed by atoms with E-state index in [1.807, 2.05) is 12.1 Å². The van der Waals surface area contributed by atoms with Gasteiger partial charge in [-0.15, -0.1) is 11.3 Å². The SMILES string of the molecule is O=S(=O)(Nc1ccccc1)c1cc2ccnc(N3CCNCC3)c2s1. The summed E-state index contributed by atoms with van der Waals surface area (Å²) >= 11 is 1.27. The van der Waals surface area contributed by atoms with Crippen molar-refractivity contribution in [1.29, 1.82) is 0 Å². The average Bonchev–Trinajstić information content (AvgIpc) is 3.08. The lowest BCUT2D eigenvalue weighted by molar-refractivity contribution is 0.586. The first-order chi connectivity index (χ1) is 12.1. The third-order valence-electron chi connectivity index (χ3n) is 4.10. The van der Waals surface area contributed by atoms with E-state index < -0.39 is 10.0 Å². The fourth-order valence-corrected chi connectivity index (χ4v) is 5.42. The standard InChI is InChI=1S/C17H18N4O2S2/c22-25(23,20-14-4-2-1-3-5-14)15-12-13-6-7-19-17(16(13)24-15)21-10-8-18-9-11-21/h1-7,12,18,20H,8-11H2. The molecule has 130 valence electrons. The van der Waals surface area contributed by atoms with Crippen molar-refractivity contribution >= 4 is 43.0 Å². The predicted octanol–water partition coefficient (Wildman–Crippen LogP) is 2.51. The Balaban J connectivity index is 1.71. The van der Waals surface area contributed by atoms with Crippen LogP contribution in [0, 0.1) is 0 Å². The zero-order valence-electron chi connectivity index (χ0n) is 13.5. The van der Waals surface area contributed by atoms with Crippen LogP contribution < -0.4 is 14.9 Å². The van der Waals surface area contributed by atoms with Crippen LogP contribution in [0.1, 0.15) is 0 Å². The smallest absolute Gasteiger partial charge is 0.271 e. The first-order valence-electron chi connectivity index (χ1n) is 8.05. The maximum Gasteiger partial charge on any atom is 0.271 e. The molecule has 1 aliphatic rings. The first-order valence-corrected chi connectivity index (χ1v) is 10.4. The topological polar surface area (TPSA) is 74.3 Å². The number of sulfonamides is 1. The van der Waals surface area contributed by atoms with Gasteiger partial charge in [-0.1, -0.05) is 18.2 Å². The Morgan fingerprint density at radius 3 is 2.64 bits per heavy atom. The van der Waals surface area contributed by atoms with Gasteiger partial charge in [0.25, 0.3) is 10.0 Å². The van der Waals surface area contributed by atoms with Gasteiger partial charge in [-0.2, -0.15) is 0 Å². The highest BCUT2D eigenvalue weighted by atomic mass is 32.2. The number of hydrogen-bond acceptors (Lipinski definition) is 6. The number of para-hydroxylation sites is 1. The number of pyridine rings is 1. The van der Waals surface area contributed by atoms with Crippen LogP contribution in [-0.2, 0) is 10.0 Å². The summed E-state index contributed by atoms with van der Waals surface area (Å²) in [7, 11) is -3.61. The van der Waals surface area contributed by atoms with E-state index in [4.69, 9.17) is 0 Å². The van der Waals surface area contributed by atoms with Crippen molar-refractivity contribution in [2.24, 2.45) is 0 Å². The molecule has 8 heteroatoms. The highest BCUT2D eigenvalue weighted by Gasteiger charge is 2.21. The van der Waals surface area contributed by atoms with Gasteiger partial charge in [0.15, 0.2) is 0 Å². The Hall–Kier alpha value is -2.16. The number of thiophene rings is 1. The number of piperazine rings is 1. The second-order valence-electron chi connectivity index (χ2n) is 5.83. The van der Waals surface area contributed by atoms with Crippen molar-refractivity contribution in [2.75, 3.05) is 35.8 Å². The number of nitrogens with one attached hydrogen (secondary N) is 2. The highest BCUT2D eigenvalue weighted by Crippen LogP contribution is 2.35. The third-order valence-corrected chi connectivity index (χ3v) is 7.10. The Labute approximate surface area is 150 Å². The third kappa shape index (κ3) is 3.33. The molecule has 25 heavy (non-hydrogen) atoms. The molecule has 0 radical (unpaired) electrons. The molecule has 0 aliphatic carbocycles. The molecule has 0 unspecified atom stereocenters. The molecule has 2 aromatic heterocycles. The van der Waals surface area contributed by atoms with Crippen LogP contribution in [0.25, 0.3) is 10.1 Å². The van der Waals surface area contributed by atoms with Crippen molar-refractivity contribution in [2.45, 2.75) is 4.21 Å². The number of aromatic nitrogens is 1. The minimum atomic E-state index is -3.61. The average molecular weight is 374 g/mol. The molecule has 3 aromatic rings. The number of rotatable bonds is 4. The molecule has 1 aromatic carbocycles. The zero-order chi connectivity index (χ0) is 17.3. The van der Waals surface area contributed by atoms with E-state index in [1.165, 1.54) is 11.3 Å². The van der Waals surface area contributed by atoms with Gasteiger partial charge in [0, 0.05) is 38.1 Å². The minimum Gasteiger partial charge on any atom is -0.353 e. The summed E-state index contributed by atoms with van der Waals surface area (Å²) in [5.74, 6) is 0.866. The van der Waals surface area contributed by atoms with Crippen molar-refractivity contribution in [3.63, 3.8) is 0 Å². The number of fused-ring (bicyclic) bond motifs is 1. The molecule has 0 spiro atoms. The maximum atomic E-state index is 12.7. The van der Waals surface area contributed by atoms with Crippen molar-refractivity contribution in [3.05, 3.63) is 48.7 Å². The van der Waals surface area contributed by atoms with Gasteiger partial charge in [0.1, 0.15) is 10.0 Å². The van der Waals surface area contributed by atoms with Crippen LogP contribution in [0.3, 0.4) is 0 Å². The summed E-state index contributed by atoms with van der Waals surface area (Å²) in [6.07, 6.45) is 1.74. The lowest BCUT2D eigenvalue weighted by Gasteiger charge is -2.28. The summed E-state index contributed by atoms with van der Waals surface area (Å²) in [6.45, 7) is 3.55. The summed E-state index contributed by atoms with van der Waals surface area (Å²) in [5.41, 5.74) is 0.556. The summed E-state index contributed by atoms with van der Waals surface area (Å²) in [4.78, 5) is 6.71. The molecule has 0 saturated carbocycles. The molecule has 0 amide bonds. The molecule has 1 fully saturated rings. The molecular formula is C17H18N4O2S2. The molecule has 2 N–H and O–H groups in total. The van der Waals surface area contributed by atoms with E-state index >= 15 is 0 Å². The fourth-order valence-electron chi connectivity index (χ4n) is 2.87. The van der Waals surface area contributed by atoms with Gasteiger partial charge < -0.3 is 10.2 Å². The van der Waals surface area contributed by atoms with Crippen LogP contribution in [0.4, 0.5) is 11.5 Å². The summed E-state index contributed by atoms with van der Waals surface area (Å²) in [5, 5.41) is 4.22. The van der Waals surface area contributed by atoms with Crippen LogP contribution in [0.2, 0.25) is 0 Å². The highest BCUT2D eigenvalue weighted by molar-refractivity contribution is 7.94. The van der Waals surface area contributed by atoms with E-state index in [0.29, 0.717) is 9.90 Å². The number of benzene rings is 1. The van der Waals surface area contributed by atoms with Gasteiger partial charge in [0.05, 0.1) is 4.70 Å². The molecule has 0 atom stereocenters. The number of nitrogens with zero attached hydrogens (tertiary/aromatic N) is 2. The molecule has 1 saturated heterocycles. The van der Waals surface area contributed by atoms with Crippen molar-refractivity contribution < 1.29 is 8.42 Å². The molecule has 6 nitrogen and oxygen atoms in total. The lowest BCUT2D eigenvalue weighted by atomic mass is 10.3. The molecule has 3 heterocycles. The fraction of sp³-hybridized carbons (Fsp3) is 0.235. The normalized spacial score (nSPS) is 15.4. The van der Waals surface area contributed by atoms with Crippen LogP contribution in [-0.4, -0.2) is 39.6 Å². The Bertz CT molecular complexity index is 980. The van der Waals surface area contributed by atoms with Gasteiger partial charge in [-0.3, -0.25) is 4.72 Å². The molecule has 1 aliphatic heterocycles. The quantitative estimate of drug-likeness (QED) is 0.734. The van der Waals surface area contributed by atoms with Crippen molar-refractivity contribution in [3.8, 4) is 0 Å². The monoisotopic (exact) mass is 374 g/mol. The second kappa shape index (κ2) is 6.62. The van der Waals surface area contributed by atoms with Gasteiger partial charge in [-0.05, 0) is 29.7 Å². The minimum absolute atomic E-state index is 0.302. The number of anilines is 2. The Morgan fingerprint density at radius 2 is 1.88 bits per heavy atom. The maximum absolute atomic E-state index is 12.7. The lowest BCUT2D eigenvalue weighted by Crippen LogP contribution is -2.43. The predicted molar refractivity (Wildman–Crippen MR) is 102 cm³/mol. The largest absolute Gasteiger partial charge is 0.353 e.